The highest BCUT2D eigenvalue weighted by atomic mass is 19.1. The van der Waals surface area contributed by atoms with Crippen LogP contribution in [0.2, 0.25) is 0 Å². The lowest BCUT2D eigenvalue weighted by molar-refractivity contribution is -0.0413. The van der Waals surface area contributed by atoms with E-state index in [4.69, 9.17) is 0 Å². The second kappa shape index (κ2) is 14.8. The normalized spacial score (nSPS) is 13.2. The summed E-state index contributed by atoms with van der Waals surface area (Å²) < 4.78 is 40.5. The maximum atomic E-state index is 14.0. The summed E-state index contributed by atoms with van der Waals surface area (Å²) in [5, 5.41) is 7.42. The minimum absolute atomic E-state index is 0.00606. The summed E-state index contributed by atoms with van der Waals surface area (Å²) >= 11 is 0. The SMILES string of the molecule is Bc1c(F)cc(NC(=C)/C=C(\C)C(C)(C)N(CCCC)N(C=C)C/C(C)=C/CC/C(C)=C/F)cc1F. The van der Waals surface area contributed by atoms with Crippen LogP contribution in [0.3, 0.4) is 0 Å². The quantitative estimate of drug-likeness (QED) is 0.122. The maximum Gasteiger partial charge on any atom is 0.147 e. The van der Waals surface area contributed by atoms with Crippen molar-refractivity contribution in [2.45, 2.75) is 72.8 Å². The van der Waals surface area contributed by atoms with Crippen LogP contribution in [0.15, 0.2) is 72.4 Å². The van der Waals surface area contributed by atoms with Crippen molar-refractivity contribution in [3.63, 3.8) is 0 Å². The minimum atomic E-state index is -0.599. The molecule has 0 aliphatic carbocycles. The Morgan fingerprint density at radius 3 is 2.28 bits per heavy atom. The van der Waals surface area contributed by atoms with E-state index in [2.05, 4.69) is 62.3 Å². The number of rotatable bonds is 15. The summed E-state index contributed by atoms with van der Waals surface area (Å²) in [5.41, 5.74) is 3.39. The molecule has 0 bridgehead atoms. The van der Waals surface area contributed by atoms with Gasteiger partial charge in [-0.25, -0.2) is 18.2 Å². The lowest BCUT2D eigenvalue weighted by Gasteiger charge is -2.46. The molecule has 0 atom stereocenters. The van der Waals surface area contributed by atoms with E-state index < -0.39 is 17.2 Å². The molecule has 1 aromatic rings. The number of nitrogens with zero attached hydrogens (tertiary/aromatic N) is 2. The van der Waals surface area contributed by atoms with Crippen molar-refractivity contribution in [3.8, 4) is 0 Å². The molecule has 7 heteroatoms. The topological polar surface area (TPSA) is 18.5 Å². The highest BCUT2D eigenvalue weighted by Gasteiger charge is 2.31. The molecular formula is C29H43BF3N3. The molecule has 198 valence electrons. The van der Waals surface area contributed by atoms with Gasteiger partial charge in [0.15, 0.2) is 0 Å². The number of allylic oxidation sites excluding steroid dienone is 3. The van der Waals surface area contributed by atoms with Crippen LogP contribution in [0, 0.1) is 11.6 Å². The van der Waals surface area contributed by atoms with E-state index in [1.54, 1.807) is 6.92 Å². The molecule has 0 aliphatic heterocycles. The molecule has 0 fully saturated rings. The van der Waals surface area contributed by atoms with Gasteiger partial charge in [0.1, 0.15) is 19.5 Å². The Hall–Kier alpha value is -2.67. The number of hydrogen-bond acceptors (Lipinski definition) is 3. The van der Waals surface area contributed by atoms with Crippen molar-refractivity contribution >= 4 is 19.0 Å². The highest BCUT2D eigenvalue weighted by Crippen LogP contribution is 2.28. The van der Waals surface area contributed by atoms with E-state index in [0.29, 0.717) is 30.7 Å². The molecule has 0 radical (unpaired) electrons. The summed E-state index contributed by atoms with van der Waals surface area (Å²) in [7, 11) is 1.41. The molecule has 0 amide bonds. The van der Waals surface area contributed by atoms with Gasteiger partial charge in [0, 0.05) is 24.1 Å². The molecular weight excluding hydrogens is 458 g/mol. The number of hydrogen-bond donors (Lipinski definition) is 1. The summed E-state index contributed by atoms with van der Waals surface area (Å²) in [4.78, 5) is 0. The minimum Gasteiger partial charge on any atom is -0.356 e. The zero-order chi connectivity index (χ0) is 27.5. The fourth-order valence-corrected chi connectivity index (χ4v) is 3.79. The average Bonchev–Trinajstić information content (AvgIpc) is 2.81. The summed E-state index contributed by atoms with van der Waals surface area (Å²) in [6.45, 7) is 21.9. The molecule has 1 rings (SSSR count). The number of nitrogens with one attached hydrogen (secondary N) is 1. The van der Waals surface area contributed by atoms with Gasteiger partial charge in [0.25, 0.3) is 0 Å². The molecule has 0 unspecified atom stereocenters. The molecule has 0 heterocycles. The zero-order valence-corrected chi connectivity index (χ0v) is 23.1. The summed E-state index contributed by atoms with van der Waals surface area (Å²) in [6.07, 6.45) is 10.1. The molecule has 0 saturated heterocycles. The molecule has 0 saturated carbocycles. The first-order valence-electron chi connectivity index (χ1n) is 12.6. The Labute approximate surface area is 217 Å². The monoisotopic (exact) mass is 501 g/mol. The van der Waals surface area contributed by atoms with Gasteiger partial charge in [0.05, 0.1) is 18.4 Å². The Bertz CT molecular complexity index is 972. The lowest BCUT2D eigenvalue weighted by Crippen LogP contribution is -2.53. The van der Waals surface area contributed by atoms with Gasteiger partial charge >= 0.3 is 0 Å². The van der Waals surface area contributed by atoms with Crippen molar-refractivity contribution in [1.82, 2.24) is 10.0 Å². The van der Waals surface area contributed by atoms with Crippen LogP contribution < -0.4 is 10.8 Å². The van der Waals surface area contributed by atoms with E-state index in [9.17, 15) is 13.2 Å². The van der Waals surface area contributed by atoms with Crippen LogP contribution in [-0.4, -0.2) is 36.5 Å². The Kier molecular flexibility index (Phi) is 12.9. The van der Waals surface area contributed by atoms with Crippen molar-refractivity contribution in [1.29, 1.82) is 0 Å². The van der Waals surface area contributed by atoms with E-state index in [0.717, 1.165) is 37.0 Å². The van der Waals surface area contributed by atoms with Crippen LogP contribution in [-0.2, 0) is 0 Å². The highest BCUT2D eigenvalue weighted by molar-refractivity contribution is 6.32. The number of benzene rings is 1. The largest absolute Gasteiger partial charge is 0.356 e. The molecule has 0 spiro atoms. The third-order valence-corrected chi connectivity index (χ3v) is 6.46. The summed E-state index contributed by atoms with van der Waals surface area (Å²) in [6, 6.07) is 2.54. The lowest BCUT2D eigenvalue weighted by atomic mass is 9.92. The van der Waals surface area contributed by atoms with E-state index >= 15 is 0 Å². The van der Waals surface area contributed by atoms with Crippen LogP contribution in [0.5, 0.6) is 0 Å². The van der Waals surface area contributed by atoms with Crippen LogP contribution in [0.4, 0.5) is 18.9 Å². The van der Waals surface area contributed by atoms with Crippen molar-refractivity contribution < 1.29 is 13.2 Å². The number of hydrazine groups is 1. The summed E-state index contributed by atoms with van der Waals surface area (Å²) in [5.74, 6) is -1.20. The smallest absolute Gasteiger partial charge is 0.147 e. The standard InChI is InChI=1S/C29H43BF3N3/c1-9-11-15-36(35(10-2)20-22(4)14-12-13-21(3)19-31)29(7,8)23(5)16-24(6)34-25-17-26(32)28(30)27(33)18-25/h10,14,16-19,34H,2,6,9,11-13,15,20,30H2,1,3-5,7-8H3/b21-19+,22-14+,23-16+. The molecule has 1 N–H and O–H groups in total. The average molecular weight is 501 g/mol. The first kappa shape index (κ1) is 31.4. The second-order valence-electron chi connectivity index (χ2n) is 9.90. The predicted octanol–water partition coefficient (Wildman–Crippen LogP) is 6.94. The van der Waals surface area contributed by atoms with Gasteiger partial charge in [-0.2, -0.15) is 0 Å². The molecule has 36 heavy (non-hydrogen) atoms. The first-order chi connectivity index (χ1) is 16.9. The molecule has 0 aliphatic rings. The number of halogens is 3. The third-order valence-electron chi connectivity index (χ3n) is 6.46. The van der Waals surface area contributed by atoms with Gasteiger partial charge < -0.3 is 10.3 Å². The Morgan fingerprint density at radius 1 is 1.14 bits per heavy atom. The fraction of sp³-hybridized carbons (Fsp3) is 0.448. The van der Waals surface area contributed by atoms with E-state index in [-0.39, 0.29) is 5.46 Å². The van der Waals surface area contributed by atoms with E-state index in [1.165, 1.54) is 25.6 Å². The third kappa shape index (κ3) is 9.42. The van der Waals surface area contributed by atoms with Crippen molar-refractivity contribution in [3.05, 3.63) is 84.0 Å². The molecule has 3 nitrogen and oxygen atoms in total. The van der Waals surface area contributed by atoms with Crippen molar-refractivity contribution in [2.24, 2.45) is 0 Å². The Balaban J connectivity index is 3.12. The van der Waals surface area contributed by atoms with Crippen LogP contribution in [0.1, 0.15) is 67.2 Å². The van der Waals surface area contributed by atoms with Gasteiger partial charge in [0.2, 0.25) is 0 Å². The zero-order valence-electron chi connectivity index (χ0n) is 23.1. The van der Waals surface area contributed by atoms with Gasteiger partial charge in [-0.3, -0.25) is 0 Å². The molecule has 1 aromatic carbocycles. The van der Waals surface area contributed by atoms with Crippen molar-refractivity contribution in [2.75, 3.05) is 18.4 Å². The Morgan fingerprint density at radius 2 is 1.75 bits per heavy atom. The van der Waals surface area contributed by atoms with Crippen LogP contribution in [0.25, 0.3) is 0 Å². The fourth-order valence-electron chi connectivity index (χ4n) is 3.79. The predicted molar refractivity (Wildman–Crippen MR) is 152 cm³/mol. The number of anilines is 1. The van der Waals surface area contributed by atoms with Gasteiger partial charge in [-0.05, 0) is 88.7 Å². The maximum absolute atomic E-state index is 14.0. The molecule has 0 aromatic heterocycles. The van der Waals surface area contributed by atoms with Gasteiger partial charge in [-0.1, -0.05) is 38.2 Å². The van der Waals surface area contributed by atoms with Crippen LogP contribution >= 0.6 is 0 Å². The van der Waals surface area contributed by atoms with E-state index in [1.807, 2.05) is 19.2 Å². The first-order valence-corrected chi connectivity index (χ1v) is 12.6. The van der Waals surface area contributed by atoms with Gasteiger partial charge in [-0.15, -0.1) is 0 Å². The second-order valence-corrected chi connectivity index (χ2v) is 9.90. The number of unbranched alkanes of at least 4 members (excludes halogenated alkanes) is 1.